The minimum absolute atomic E-state index is 0.0654. The van der Waals surface area contributed by atoms with E-state index < -0.39 is 23.7 Å². The second kappa shape index (κ2) is 10.8. The van der Waals surface area contributed by atoms with Gasteiger partial charge in [0.1, 0.15) is 6.04 Å². The van der Waals surface area contributed by atoms with E-state index in [-0.39, 0.29) is 12.2 Å². The number of nitrogens with zero attached hydrogens (tertiary/aromatic N) is 1. The van der Waals surface area contributed by atoms with Gasteiger partial charge in [-0.05, 0) is 40.8 Å². The van der Waals surface area contributed by atoms with E-state index >= 15 is 4.39 Å². The van der Waals surface area contributed by atoms with Gasteiger partial charge in [-0.2, -0.15) is 0 Å². The molecule has 0 aliphatic carbocycles. The number of rotatable bonds is 7. The SMILES string of the molecule is C#CC(=O)N(c1cccc(CI)c1F)C(C(=O)NCc1ccccc1)c1cccc(N)c1. The minimum Gasteiger partial charge on any atom is -0.399 e. The summed E-state index contributed by atoms with van der Waals surface area (Å²) in [6, 6.07) is 19.3. The molecule has 0 aromatic heterocycles. The second-order valence-corrected chi connectivity index (χ2v) is 7.74. The van der Waals surface area contributed by atoms with Crippen LogP contribution < -0.4 is 16.0 Å². The fraction of sp³-hybridized carbons (Fsp3) is 0.120. The molecule has 3 N–H and O–H groups in total. The fourth-order valence-electron chi connectivity index (χ4n) is 3.32. The third-order valence-corrected chi connectivity index (χ3v) is 5.67. The van der Waals surface area contributed by atoms with E-state index in [0.29, 0.717) is 21.2 Å². The molecule has 0 saturated heterocycles. The predicted molar refractivity (Wildman–Crippen MR) is 132 cm³/mol. The molecule has 2 amide bonds. The van der Waals surface area contributed by atoms with Gasteiger partial charge in [0.25, 0.3) is 0 Å². The molecule has 7 heteroatoms. The van der Waals surface area contributed by atoms with Crippen LogP contribution in [-0.4, -0.2) is 11.8 Å². The van der Waals surface area contributed by atoms with Crippen LogP contribution in [0.5, 0.6) is 0 Å². The van der Waals surface area contributed by atoms with E-state index in [2.05, 4.69) is 5.32 Å². The summed E-state index contributed by atoms with van der Waals surface area (Å²) in [5.74, 6) is 0.0793. The molecular formula is C25H21FIN3O2. The number of nitrogens with one attached hydrogen (secondary N) is 1. The minimum atomic E-state index is -1.22. The van der Waals surface area contributed by atoms with E-state index in [1.165, 1.54) is 6.07 Å². The van der Waals surface area contributed by atoms with Crippen LogP contribution in [0.2, 0.25) is 0 Å². The maximum absolute atomic E-state index is 15.3. The highest BCUT2D eigenvalue weighted by atomic mass is 127. The summed E-state index contributed by atoms with van der Waals surface area (Å²) < 4.78 is 15.7. The molecule has 1 atom stereocenters. The van der Waals surface area contributed by atoms with Gasteiger partial charge in [-0.15, -0.1) is 6.42 Å². The summed E-state index contributed by atoms with van der Waals surface area (Å²) in [6.07, 6.45) is 5.42. The molecule has 0 fully saturated rings. The normalized spacial score (nSPS) is 11.3. The first-order chi connectivity index (χ1) is 15.5. The molecule has 0 spiro atoms. The summed E-state index contributed by atoms with van der Waals surface area (Å²) in [5.41, 5.74) is 7.96. The van der Waals surface area contributed by atoms with E-state index in [0.717, 1.165) is 10.5 Å². The van der Waals surface area contributed by atoms with Crippen molar-refractivity contribution < 1.29 is 14.0 Å². The van der Waals surface area contributed by atoms with Gasteiger partial charge in [0.05, 0.1) is 5.69 Å². The van der Waals surface area contributed by atoms with E-state index in [1.54, 1.807) is 36.4 Å². The molecule has 1 unspecified atom stereocenters. The molecule has 3 aromatic carbocycles. The number of carbonyl (C=O) groups excluding carboxylic acids is 2. The average molecular weight is 541 g/mol. The Hall–Kier alpha value is -3.38. The van der Waals surface area contributed by atoms with Crippen molar-refractivity contribution in [3.63, 3.8) is 0 Å². The van der Waals surface area contributed by atoms with Gasteiger partial charge in [0, 0.05) is 16.7 Å². The van der Waals surface area contributed by atoms with Crippen LogP contribution in [0.15, 0.2) is 72.8 Å². The van der Waals surface area contributed by atoms with Crippen LogP contribution in [-0.2, 0) is 20.6 Å². The molecule has 162 valence electrons. The number of nitrogens with two attached hydrogens (primary N) is 1. The topological polar surface area (TPSA) is 75.4 Å². The lowest BCUT2D eigenvalue weighted by atomic mass is 10.0. The predicted octanol–water partition coefficient (Wildman–Crippen LogP) is 4.37. The molecule has 3 rings (SSSR count). The maximum Gasteiger partial charge on any atom is 0.303 e. The number of anilines is 2. The molecule has 3 aromatic rings. The lowest BCUT2D eigenvalue weighted by Crippen LogP contribution is -2.44. The summed E-state index contributed by atoms with van der Waals surface area (Å²) in [5, 5.41) is 2.83. The molecule has 0 heterocycles. The molecule has 0 aliphatic heterocycles. The summed E-state index contributed by atoms with van der Waals surface area (Å²) >= 11 is 2.03. The Labute approximate surface area is 199 Å². The largest absolute Gasteiger partial charge is 0.399 e. The molecule has 0 saturated carbocycles. The highest BCUT2D eigenvalue weighted by Crippen LogP contribution is 2.32. The Balaban J connectivity index is 2.09. The van der Waals surface area contributed by atoms with Crippen LogP contribution in [0.25, 0.3) is 0 Å². The fourth-order valence-corrected chi connectivity index (χ4v) is 3.91. The quantitative estimate of drug-likeness (QED) is 0.202. The van der Waals surface area contributed by atoms with Crippen LogP contribution in [0.4, 0.5) is 15.8 Å². The molecular weight excluding hydrogens is 520 g/mol. The van der Waals surface area contributed by atoms with Gasteiger partial charge in [0.15, 0.2) is 5.82 Å². The zero-order valence-corrected chi connectivity index (χ0v) is 19.3. The second-order valence-electron chi connectivity index (χ2n) is 6.98. The molecule has 0 radical (unpaired) electrons. The van der Waals surface area contributed by atoms with Crippen molar-refractivity contribution in [3.05, 3.63) is 95.3 Å². The average Bonchev–Trinajstić information content (AvgIpc) is 2.81. The number of hydrogen-bond donors (Lipinski definition) is 2. The number of alkyl halides is 1. The van der Waals surface area contributed by atoms with Crippen molar-refractivity contribution in [2.75, 3.05) is 10.6 Å². The molecule has 32 heavy (non-hydrogen) atoms. The maximum atomic E-state index is 15.3. The van der Waals surface area contributed by atoms with E-state index in [1.807, 2.05) is 58.8 Å². The Bertz CT molecular complexity index is 1160. The van der Waals surface area contributed by atoms with Crippen molar-refractivity contribution in [1.82, 2.24) is 5.32 Å². The van der Waals surface area contributed by atoms with Crippen molar-refractivity contribution in [2.45, 2.75) is 17.0 Å². The van der Waals surface area contributed by atoms with Crippen LogP contribution in [0, 0.1) is 18.2 Å². The van der Waals surface area contributed by atoms with Gasteiger partial charge < -0.3 is 11.1 Å². The van der Waals surface area contributed by atoms with Crippen molar-refractivity contribution in [3.8, 4) is 12.3 Å². The van der Waals surface area contributed by atoms with Gasteiger partial charge in [-0.3, -0.25) is 14.5 Å². The monoisotopic (exact) mass is 541 g/mol. The van der Waals surface area contributed by atoms with Gasteiger partial charge in [0.2, 0.25) is 5.91 Å². The Morgan fingerprint density at radius 3 is 2.47 bits per heavy atom. The van der Waals surface area contributed by atoms with Crippen molar-refractivity contribution in [1.29, 1.82) is 0 Å². The van der Waals surface area contributed by atoms with Gasteiger partial charge in [-0.1, -0.05) is 77.2 Å². The van der Waals surface area contributed by atoms with Crippen LogP contribution in [0.1, 0.15) is 22.7 Å². The smallest absolute Gasteiger partial charge is 0.303 e. The molecule has 0 aliphatic rings. The Morgan fingerprint density at radius 1 is 1.09 bits per heavy atom. The standard InChI is InChI=1S/C25H21FIN3O2/c1-2-22(31)30(21-13-7-11-19(15-27)23(21)26)24(18-10-6-12-20(28)14-18)25(32)29-16-17-8-4-3-5-9-17/h1,3-14,24H,15-16,28H2,(H,29,32). The van der Waals surface area contributed by atoms with Crippen LogP contribution in [0.3, 0.4) is 0 Å². The number of amides is 2. The van der Waals surface area contributed by atoms with Gasteiger partial charge >= 0.3 is 5.91 Å². The highest BCUT2D eigenvalue weighted by molar-refractivity contribution is 14.1. The van der Waals surface area contributed by atoms with Crippen molar-refractivity contribution >= 4 is 45.8 Å². The number of nitrogen functional groups attached to an aromatic ring is 1. The zero-order chi connectivity index (χ0) is 23.1. The van der Waals surface area contributed by atoms with Crippen molar-refractivity contribution in [2.24, 2.45) is 0 Å². The summed E-state index contributed by atoms with van der Waals surface area (Å²) in [7, 11) is 0. The summed E-state index contributed by atoms with van der Waals surface area (Å²) in [6.45, 7) is 0.229. The van der Waals surface area contributed by atoms with Crippen LogP contribution >= 0.6 is 22.6 Å². The Kier molecular flexibility index (Phi) is 7.84. The third kappa shape index (κ3) is 5.26. The number of carbonyl (C=O) groups is 2. The lowest BCUT2D eigenvalue weighted by molar-refractivity contribution is -0.125. The number of hydrogen-bond acceptors (Lipinski definition) is 3. The first-order valence-electron chi connectivity index (χ1n) is 9.76. The lowest BCUT2D eigenvalue weighted by Gasteiger charge is -2.30. The number of terminal acetylenes is 1. The molecule has 0 bridgehead atoms. The molecule has 5 nitrogen and oxygen atoms in total. The first-order valence-corrected chi connectivity index (χ1v) is 11.3. The third-order valence-electron chi connectivity index (χ3n) is 4.85. The van der Waals surface area contributed by atoms with E-state index in [9.17, 15) is 9.59 Å². The number of benzene rings is 3. The van der Waals surface area contributed by atoms with Gasteiger partial charge in [-0.25, -0.2) is 4.39 Å². The first kappa shape index (κ1) is 23.3. The Morgan fingerprint density at radius 2 is 1.81 bits per heavy atom. The zero-order valence-electron chi connectivity index (χ0n) is 17.1. The van der Waals surface area contributed by atoms with E-state index in [4.69, 9.17) is 12.2 Å². The highest BCUT2D eigenvalue weighted by Gasteiger charge is 2.34. The summed E-state index contributed by atoms with van der Waals surface area (Å²) in [4.78, 5) is 27.3. The number of halogens is 2.